The van der Waals surface area contributed by atoms with E-state index in [0.29, 0.717) is 0 Å². The van der Waals surface area contributed by atoms with E-state index in [1.54, 1.807) is 0 Å². The Labute approximate surface area is 130 Å². The van der Waals surface area contributed by atoms with Crippen molar-refractivity contribution in [2.24, 2.45) is 0 Å². The van der Waals surface area contributed by atoms with Crippen LogP contribution < -0.4 is 21.2 Å². The molecule has 0 unspecified atom stereocenters. The Morgan fingerprint density at radius 1 is 1.44 bits per heavy atom. The fourth-order valence-corrected chi connectivity index (χ4v) is 3.42. The molecule has 3 nitrogen and oxygen atoms in total. The first-order valence-electron chi connectivity index (χ1n) is 5.19. The van der Waals surface area contributed by atoms with Crippen molar-refractivity contribution in [3.8, 4) is 0 Å². The summed E-state index contributed by atoms with van der Waals surface area (Å²) in [7, 11) is 1.36. The van der Waals surface area contributed by atoms with Crippen LogP contribution in [0.3, 0.4) is 0 Å². The summed E-state index contributed by atoms with van der Waals surface area (Å²) >= 11 is 1.55. The molecule has 98 valence electrons. The Balaban J connectivity index is 2.99. The molecular weight excluding hydrogens is 458 g/mol. The van der Waals surface area contributed by atoms with Crippen LogP contribution in [0.2, 0.25) is 0 Å². The molecule has 0 radical (unpaired) electrons. The summed E-state index contributed by atoms with van der Waals surface area (Å²) < 4.78 is 7.34. The summed E-state index contributed by atoms with van der Waals surface area (Å²) in [6.45, 7) is 0. The zero-order valence-corrected chi connectivity index (χ0v) is 14.2. The van der Waals surface area contributed by atoms with Gasteiger partial charge in [-0.15, -0.1) is 0 Å². The number of carbonyl (C=O) groups excluding carboxylic acids is 2. The summed E-state index contributed by atoms with van der Waals surface area (Å²) in [5.41, 5.74) is 2.28. The van der Waals surface area contributed by atoms with Crippen molar-refractivity contribution in [2.45, 2.75) is 10.8 Å². The SMILES string of the molecule is COC(=O)C/C(=C/c1ccccc1CI)[I-]C=O. The number of hydrogen-bond acceptors (Lipinski definition) is 3. The summed E-state index contributed by atoms with van der Waals surface area (Å²) in [4.78, 5) is 22.0. The predicted molar refractivity (Wildman–Crippen MR) is 75.5 cm³/mol. The van der Waals surface area contributed by atoms with Gasteiger partial charge in [0.2, 0.25) is 0 Å². The monoisotopic (exact) mass is 471 g/mol. The number of rotatable bonds is 6. The van der Waals surface area contributed by atoms with Gasteiger partial charge in [-0.1, -0.05) is 0 Å². The molecule has 0 aliphatic rings. The van der Waals surface area contributed by atoms with Crippen molar-refractivity contribution in [1.82, 2.24) is 0 Å². The van der Waals surface area contributed by atoms with E-state index in [4.69, 9.17) is 0 Å². The molecule has 0 bridgehead atoms. The maximum absolute atomic E-state index is 11.3. The van der Waals surface area contributed by atoms with E-state index in [0.717, 1.165) is 17.9 Å². The van der Waals surface area contributed by atoms with Gasteiger partial charge in [0.1, 0.15) is 0 Å². The van der Waals surface area contributed by atoms with Gasteiger partial charge in [-0.3, -0.25) is 0 Å². The number of methoxy groups -OCH3 is 1. The second-order valence-electron chi connectivity index (χ2n) is 3.37. The van der Waals surface area contributed by atoms with Crippen LogP contribution in [0.25, 0.3) is 6.08 Å². The standard InChI is InChI=1S/C13H13I2O3/c1-18-13(17)7-12(15-9-16)6-10-4-2-3-5-11(10)8-14/h2-6,9H,7-8H2,1H3/q-1/b12-6-. The molecule has 0 spiro atoms. The van der Waals surface area contributed by atoms with Crippen LogP contribution in [0.1, 0.15) is 17.5 Å². The first-order chi connectivity index (χ1) is 8.71. The zero-order valence-electron chi connectivity index (χ0n) is 9.86. The first kappa shape index (κ1) is 15.6. The number of carbonyl (C=O) groups is 2. The van der Waals surface area contributed by atoms with Gasteiger partial charge in [0, 0.05) is 0 Å². The third-order valence-electron chi connectivity index (χ3n) is 2.24. The minimum atomic E-state index is -0.744. The van der Waals surface area contributed by atoms with Crippen LogP contribution in [0.5, 0.6) is 0 Å². The van der Waals surface area contributed by atoms with Gasteiger partial charge in [-0.05, 0) is 0 Å². The second kappa shape index (κ2) is 8.63. The van der Waals surface area contributed by atoms with Gasteiger partial charge in [-0.25, -0.2) is 0 Å². The number of ether oxygens (including phenoxy) is 1. The molecule has 0 aliphatic heterocycles. The second-order valence-corrected chi connectivity index (χ2v) is 6.65. The van der Waals surface area contributed by atoms with E-state index >= 15 is 0 Å². The van der Waals surface area contributed by atoms with Gasteiger partial charge in [0.15, 0.2) is 0 Å². The average molecular weight is 471 g/mol. The normalized spacial score (nSPS) is 11.3. The first-order valence-corrected chi connectivity index (χ1v) is 9.04. The number of halogens is 2. The molecule has 0 fully saturated rings. The number of hydrogen-bond donors (Lipinski definition) is 0. The molecule has 1 aromatic carbocycles. The van der Waals surface area contributed by atoms with Crippen LogP contribution in [0.4, 0.5) is 0 Å². The maximum atomic E-state index is 11.3. The van der Waals surface area contributed by atoms with Crippen molar-refractivity contribution in [3.63, 3.8) is 0 Å². The molecule has 0 amide bonds. The topological polar surface area (TPSA) is 43.4 Å². The molecule has 0 atom stereocenters. The van der Waals surface area contributed by atoms with E-state index in [1.165, 1.54) is 12.7 Å². The Kier molecular flexibility index (Phi) is 7.48. The van der Waals surface area contributed by atoms with Crippen LogP contribution >= 0.6 is 22.6 Å². The van der Waals surface area contributed by atoms with E-state index < -0.39 is 21.2 Å². The number of benzene rings is 1. The van der Waals surface area contributed by atoms with Crippen LogP contribution in [-0.2, 0) is 18.8 Å². The molecule has 1 aromatic rings. The van der Waals surface area contributed by atoms with E-state index in [-0.39, 0.29) is 12.4 Å². The quantitative estimate of drug-likeness (QED) is 0.190. The van der Waals surface area contributed by atoms with E-state index in [2.05, 4.69) is 27.3 Å². The van der Waals surface area contributed by atoms with E-state index in [1.807, 2.05) is 30.3 Å². The van der Waals surface area contributed by atoms with Gasteiger partial charge in [0.05, 0.1) is 0 Å². The fraction of sp³-hybridized carbons (Fsp3) is 0.231. The molecule has 0 aliphatic carbocycles. The number of alkyl halides is 1. The Morgan fingerprint density at radius 3 is 2.78 bits per heavy atom. The van der Waals surface area contributed by atoms with Crippen LogP contribution in [0.15, 0.2) is 27.8 Å². The molecule has 18 heavy (non-hydrogen) atoms. The molecular formula is C13H13I2O3-. The molecule has 0 aromatic heterocycles. The summed E-state index contributed by atoms with van der Waals surface area (Å²) in [5.74, 6) is -0.297. The van der Waals surface area contributed by atoms with Crippen molar-refractivity contribution in [1.29, 1.82) is 0 Å². The van der Waals surface area contributed by atoms with Crippen LogP contribution in [0, 0.1) is 0 Å². The van der Waals surface area contributed by atoms with Crippen molar-refractivity contribution < 1.29 is 35.5 Å². The van der Waals surface area contributed by atoms with Gasteiger partial charge >= 0.3 is 131 Å². The Morgan fingerprint density at radius 2 is 2.17 bits per heavy atom. The minimum absolute atomic E-state index is 0.206. The zero-order chi connectivity index (χ0) is 13.4. The molecule has 5 heteroatoms. The fourth-order valence-electron chi connectivity index (χ4n) is 1.35. The molecule has 0 N–H and O–H groups in total. The average Bonchev–Trinajstić information content (AvgIpc) is 2.39. The predicted octanol–water partition coefficient (Wildman–Crippen LogP) is -0.195. The Bertz CT molecular complexity index is 455. The van der Waals surface area contributed by atoms with Gasteiger partial charge < -0.3 is 0 Å². The van der Waals surface area contributed by atoms with Gasteiger partial charge in [-0.2, -0.15) is 0 Å². The Hall–Kier alpha value is -0.440. The third-order valence-corrected chi connectivity index (χ3v) is 4.81. The molecule has 1 rings (SSSR count). The summed E-state index contributed by atoms with van der Waals surface area (Å²) in [6.07, 6.45) is 2.16. The summed E-state index contributed by atoms with van der Waals surface area (Å²) in [5, 5.41) is 0. The molecule has 0 saturated carbocycles. The van der Waals surface area contributed by atoms with E-state index in [9.17, 15) is 9.59 Å². The van der Waals surface area contributed by atoms with Crippen LogP contribution in [-0.4, -0.2) is 17.4 Å². The number of esters is 1. The molecule has 0 heterocycles. The van der Waals surface area contributed by atoms with Crippen molar-refractivity contribution in [2.75, 3.05) is 7.11 Å². The van der Waals surface area contributed by atoms with Crippen molar-refractivity contribution >= 4 is 38.9 Å². The van der Waals surface area contributed by atoms with Crippen molar-refractivity contribution in [3.05, 3.63) is 39.0 Å². The summed E-state index contributed by atoms with van der Waals surface area (Å²) in [6, 6.07) is 7.99. The third kappa shape index (κ3) is 5.05. The van der Waals surface area contributed by atoms with Gasteiger partial charge in [0.25, 0.3) is 0 Å². The molecule has 0 saturated heterocycles.